The van der Waals surface area contributed by atoms with Gasteiger partial charge in [0.25, 0.3) is 0 Å². The van der Waals surface area contributed by atoms with E-state index >= 15 is 0 Å². The van der Waals surface area contributed by atoms with Crippen LogP contribution < -0.4 is 0 Å². The Balaban J connectivity index is 2.34. The minimum Gasteiger partial charge on any atom is -0.0985 e. The molecular weight excluding hydrogens is 156 g/mol. The third-order valence-electron chi connectivity index (χ3n) is 2.57. The van der Waals surface area contributed by atoms with Crippen LogP contribution in [-0.2, 0) is 0 Å². The minimum atomic E-state index is 1.21. The van der Waals surface area contributed by atoms with Gasteiger partial charge in [-0.05, 0) is 36.8 Å². The maximum Gasteiger partial charge on any atom is -0.0241 e. The Hall–Kier alpha value is -0.780. The quantitative estimate of drug-likeness (QED) is 0.545. The molecule has 1 aliphatic rings. The van der Waals surface area contributed by atoms with Crippen molar-refractivity contribution in [1.29, 1.82) is 0 Å². The highest BCUT2D eigenvalue weighted by atomic mass is 14.1. The van der Waals surface area contributed by atoms with E-state index in [0.717, 1.165) is 0 Å². The molecule has 0 heterocycles. The first-order chi connectivity index (χ1) is 6.38. The number of allylic oxidation sites excluding steroid dienone is 5. The van der Waals surface area contributed by atoms with Crippen LogP contribution in [0.5, 0.6) is 0 Å². The molecule has 0 bridgehead atoms. The molecule has 0 aliphatic heterocycles. The maximum atomic E-state index is 3.83. The van der Waals surface area contributed by atoms with Crippen molar-refractivity contribution in [3.8, 4) is 0 Å². The lowest BCUT2D eigenvalue weighted by atomic mass is 10.1. The zero-order valence-electron chi connectivity index (χ0n) is 8.68. The topological polar surface area (TPSA) is 0 Å². The summed E-state index contributed by atoms with van der Waals surface area (Å²) in [6.07, 6.45) is 14.4. The van der Waals surface area contributed by atoms with Gasteiger partial charge in [-0.3, -0.25) is 0 Å². The van der Waals surface area contributed by atoms with Crippen molar-refractivity contribution in [3.05, 3.63) is 36.0 Å². The normalized spacial score (nSPS) is 19.2. The average molecular weight is 176 g/mol. The second kappa shape index (κ2) is 5.80. The summed E-state index contributed by atoms with van der Waals surface area (Å²) in [6, 6.07) is 0. The van der Waals surface area contributed by atoms with E-state index in [0.29, 0.717) is 0 Å². The van der Waals surface area contributed by atoms with Crippen LogP contribution in [0.1, 0.15) is 45.4 Å². The number of hydrogen-bond donors (Lipinski definition) is 0. The van der Waals surface area contributed by atoms with Gasteiger partial charge in [0.05, 0.1) is 0 Å². The van der Waals surface area contributed by atoms with Gasteiger partial charge in [0.2, 0.25) is 0 Å². The highest BCUT2D eigenvalue weighted by Gasteiger charge is 2.06. The van der Waals surface area contributed by atoms with E-state index in [2.05, 4.69) is 25.7 Å². The van der Waals surface area contributed by atoms with Gasteiger partial charge in [-0.15, -0.1) is 0 Å². The zero-order chi connectivity index (χ0) is 9.52. The summed E-state index contributed by atoms with van der Waals surface area (Å²) in [5, 5.41) is 0. The van der Waals surface area contributed by atoms with Crippen LogP contribution in [0.15, 0.2) is 36.0 Å². The Morgan fingerprint density at radius 3 is 3.00 bits per heavy atom. The van der Waals surface area contributed by atoms with Crippen molar-refractivity contribution < 1.29 is 0 Å². The maximum absolute atomic E-state index is 3.83. The van der Waals surface area contributed by atoms with Gasteiger partial charge in [0.1, 0.15) is 0 Å². The number of hydrogen-bond acceptors (Lipinski definition) is 0. The lowest BCUT2D eigenvalue weighted by Gasteiger charge is -1.99. The molecule has 0 radical (unpaired) electrons. The first-order valence-corrected chi connectivity index (χ1v) is 5.40. The molecule has 0 nitrogen and oxygen atoms in total. The van der Waals surface area contributed by atoms with Crippen molar-refractivity contribution >= 4 is 0 Å². The molecule has 0 saturated heterocycles. The lowest BCUT2D eigenvalue weighted by Crippen LogP contribution is -1.80. The van der Waals surface area contributed by atoms with Crippen LogP contribution >= 0.6 is 0 Å². The second-order valence-corrected chi connectivity index (χ2v) is 3.63. The van der Waals surface area contributed by atoms with Crippen LogP contribution in [0.3, 0.4) is 0 Å². The fraction of sp³-hybridized carbons (Fsp3) is 0.538. The highest BCUT2D eigenvalue weighted by molar-refractivity contribution is 5.42. The van der Waals surface area contributed by atoms with Crippen molar-refractivity contribution in [2.45, 2.75) is 45.4 Å². The van der Waals surface area contributed by atoms with Gasteiger partial charge in [-0.2, -0.15) is 0 Å². The van der Waals surface area contributed by atoms with Crippen LogP contribution in [0.25, 0.3) is 0 Å². The van der Waals surface area contributed by atoms with Crippen molar-refractivity contribution in [2.75, 3.05) is 0 Å². The first-order valence-electron chi connectivity index (χ1n) is 5.40. The van der Waals surface area contributed by atoms with Gasteiger partial charge < -0.3 is 0 Å². The smallest absolute Gasteiger partial charge is 0.0241 e. The predicted molar refractivity (Wildman–Crippen MR) is 59.7 cm³/mol. The van der Waals surface area contributed by atoms with Crippen LogP contribution in [0, 0.1) is 0 Å². The predicted octanol–water partition coefficient (Wildman–Crippen LogP) is 4.40. The molecular formula is C13H20. The number of unbranched alkanes of at least 4 members (excludes halogenated alkanes) is 3. The van der Waals surface area contributed by atoms with Gasteiger partial charge in [-0.25, -0.2) is 0 Å². The van der Waals surface area contributed by atoms with Crippen LogP contribution in [0.2, 0.25) is 0 Å². The Labute approximate surface area is 82.0 Å². The van der Waals surface area contributed by atoms with Gasteiger partial charge in [0, 0.05) is 0 Å². The highest BCUT2D eigenvalue weighted by Crippen LogP contribution is 2.26. The monoisotopic (exact) mass is 176 g/mol. The summed E-state index contributed by atoms with van der Waals surface area (Å²) in [5.41, 5.74) is 2.89. The fourth-order valence-electron chi connectivity index (χ4n) is 1.76. The van der Waals surface area contributed by atoms with E-state index in [1.165, 1.54) is 49.7 Å². The molecule has 0 fully saturated rings. The molecule has 1 rings (SSSR count). The van der Waals surface area contributed by atoms with Crippen LogP contribution in [0.4, 0.5) is 0 Å². The average Bonchev–Trinajstić information content (AvgIpc) is 2.60. The van der Waals surface area contributed by atoms with E-state index in [9.17, 15) is 0 Å². The van der Waals surface area contributed by atoms with Gasteiger partial charge >= 0.3 is 0 Å². The van der Waals surface area contributed by atoms with Crippen molar-refractivity contribution in [1.82, 2.24) is 0 Å². The summed E-state index contributed by atoms with van der Waals surface area (Å²) in [5.74, 6) is 0. The summed E-state index contributed by atoms with van der Waals surface area (Å²) in [6.45, 7) is 6.08. The van der Waals surface area contributed by atoms with Gasteiger partial charge in [0.15, 0.2) is 0 Å². The number of rotatable bonds is 5. The Bertz CT molecular complexity index is 218. The summed E-state index contributed by atoms with van der Waals surface area (Å²) in [4.78, 5) is 0. The second-order valence-electron chi connectivity index (χ2n) is 3.63. The fourth-order valence-corrected chi connectivity index (χ4v) is 1.76. The molecule has 0 saturated carbocycles. The standard InChI is InChI=1S/C13H20/c1-3-5-6-7-9-13-11-8-10-12(13)4-2/h4,9-10H,2-3,5-8,11H2,1H3/b13-9-. The van der Waals surface area contributed by atoms with E-state index in [1.807, 2.05) is 6.08 Å². The van der Waals surface area contributed by atoms with Crippen molar-refractivity contribution in [3.63, 3.8) is 0 Å². The Morgan fingerprint density at radius 1 is 1.46 bits per heavy atom. The molecule has 0 atom stereocenters. The largest absolute Gasteiger partial charge is 0.0985 e. The third-order valence-corrected chi connectivity index (χ3v) is 2.57. The van der Waals surface area contributed by atoms with E-state index in [1.54, 1.807) is 0 Å². The molecule has 0 amide bonds. The van der Waals surface area contributed by atoms with Gasteiger partial charge in [-0.1, -0.05) is 44.6 Å². The molecule has 0 N–H and O–H groups in total. The summed E-state index contributed by atoms with van der Waals surface area (Å²) >= 11 is 0. The Kier molecular flexibility index (Phi) is 4.59. The molecule has 0 aromatic rings. The lowest BCUT2D eigenvalue weighted by molar-refractivity contribution is 0.726. The third kappa shape index (κ3) is 3.22. The summed E-state index contributed by atoms with van der Waals surface area (Å²) in [7, 11) is 0. The molecule has 0 aromatic carbocycles. The molecule has 13 heavy (non-hydrogen) atoms. The van der Waals surface area contributed by atoms with E-state index in [4.69, 9.17) is 0 Å². The zero-order valence-corrected chi connectivity index (χ0v) is 8.68. The Morgan fingerprint density at radius 2 is 2.31 bits per heavy atom. The SMILES string of the molecule is C=CC1=CCC/C1=C/CCCCC. The van der Waals surface area contributed by atoms with Crippen molar-refractivity contribution in [2.24, 2.45) is 0 Å². The first kappa shape index (κ1) is 10.3. The molecule has 0 spiro atoms. The molecule has 1 aliphatic carbocycles. The minimum absolute atomic E-state index is 1.21. The van der Waals surface area contributed by atoms with E-state index < -0.39 is 0 Å². The summed E-state index contributed by atoms with van der Waals surface area (Å²) < 4.78 is 0. The molecule has 0 unspecified atom stereocenters. The molecule has 72 valence electrons. The van der Waals surface area contributed by atoms with Crippen LogP contribution in [-0.4, -0.2) is 0 Å². The van der Waals surface area contributed by atoms with E-state index in [-0.39, 0.29) is 0 Å². The molecule has 0 aromatic heterocycles. The molecule has 0 heteroatoms.